The highest BCUT2D eigenvalue weighted by Crippen LogP contribution is 2.37. The SMILES string of the molecule is CC1(CNc2n[nH]c(=O)[nH]c2=O)CCCC1. The number of anilines is 1. The minimum absolute atomic E-state index is 0.188. The van der Waals surface area contributed by atoms with E-state index in [9.17, 15) is 9.59 Å². The van der Waals surface area contributed by atoms with Crippen molar-refractivity contribution < 1.29 is 0 Å². The van der Waals surface area contributed by atoms with E-state index in [1.807, 2.05) is 0 Å². The van der Waals surface area contributed by atoms with Crippen LogP contribution in [0.3, 0.4) is 0 Å². The molecule has 6 heteroatoms. The lowest BCUT2D eigenvalue weighted by Gasteiger charge is -2.23. The van der Waals surface area contributed by atoms with Gasteiger partial charge in [-0.25, -0.2) is 9.89 Å². The van der Waals surface area contributed by atoms with Crippen LogP contribution in [0, 0.1) is 5.41 Å². The van der Waals surface area contributed by atoms with Gasteiger partial charge < -0.3 is 5.32 Å². The van der Waals surface area contributed by atoms with Crippen LogP contribution >= 0.6 is 0 Å². The summed E-state index contributed by atoms with van der Waals surface area (Å²) in [4.78, 5) is 24.2. The normalized spacial score (nSPS) is 18.6. The molecule has 0 aromatic carbocycles. The van der Waals surface area contributed by atoms with Crippen molar-refractivity contribution in [2.45, 2.75) is 32.6 Å². The number of rotatable bonds is 3. The van der Waals surface area contributed by atoms with Crippen molar-refractivity contribution in [2.24, 2.45) is 5.41 Å². The summed E-state index contributed by atoms with van der Waals surface area (Å²) in [5.74, 6) is 0.188. The summed E-state index contributed by atoms with van der Waals surface area (Å²) in [5, 5.41) is 8.88. The van der Waals surface area contributed by atoms with E-state index >= 15 is 0 Å². The molecule has 1 aliphatic carbocycles. The zero-order valence-electron chi connectivity index (χ0n) is 9.30. The first-order valence-electron chi connectivity index (χ1n) is 5.52. The molecule has 1 saturated carbocycles. The van der Waals surface area contributed by atoms with Gasteiger partial charge in [0.15, 0.2) is 0 Å². The summed E-state index contributed by atoms with van der Waals surface area (Å²) in [6.45, 7) is 2.92. The smallest absolute Gasteiger partial charge is 0.342 e. The van der Waals surface area contributed by atoms with Crippen LogP contribution < -0.4 is 16.6 Å². The van der Waals surface area contributed by atoms with Gasteiger partial charge in [-0.2, -0.15) is 0 Å². The Hall–Kier alpha value is -1.59. The fourth-order valence-electron chi connectivity index (χ4n) is 2.17. The van der Waals surface area contributed by atoms with E-state index in [0.29, 0.717) is 0 Å². The average Bonchev–Trinajstić information content (AvgIpc) is 2.64. The van der Waals surface area contributed by atoms with Gasteiger partial charge in [0, 0.05) is 6.54 Å². The van der Waals surface area contributed by atoms with E-state index in [1.165, 1.54) is 25.7 Å². The third kappa shape index (κ3) is 2.32. The monoisotopic (exact) mass is 224 g/mol. The molecule has 0 spiro atoms. The number of aromatic amines is 2. The molecular formula is C10H16N4O2. The standard InChI is InChI=1S/C10H16N4O2/c1-10(4-2-3-5-10)6-11-7-8(15)12-9(16)14-13-7/h2-6H2,1H3,(H,11,13)(H2,12,14,15,16). The Bertz CT molecular complexity index is 470. The number of hydrogen-bond acceptors (Lipinski definition) is 4. The molecule has 0 amide bonds. The maximum atomic E-state index is 11.3. The van der Waals surface area contributed by atoms with Crippen LogP contribution in [-0.4, -0.2) is 21.7 Å². The van der Waals surface area contributed by atoms with E-state index in [0.717, 1.165) is 6.54 Å². The van der Waals surface area contributed by atoms with E-state index in [1.54, 1.807) is 0 Å². The van der Waals surface area contributed by atoms with Gasteiger partial charge in [0.05, 0.1) is 0 Å². The third-order valence-electron chi connectivity index (χ3n) is 3.20. The Labute approximate surface area is 92.5 Å². The molecule has 88 valence electrons. The van der Waals surface area contributed by atoms with Gasteiger partial charge in [-0.05, 0) is 18.3 Å². The molecule has 1 aromatic rings. The van der Waals surface area contributed by atoms with Crippen molar-refractivity contribution in [3.8, 4) is 0 Å². The second kappa shape index (κ2) is 4.11. The Morgan fingerprint density at radius 3 is 2.69 bits per heavy atom. The number of H-pyrrole nitrogens is 2. The summed E-state index contributed by atoms with van der Waals surface area (Å²) in [5.41, 5.74) is -0.808. The first kappa shape index (κ1) is 10.9. The van der Waals surface area contributed by atoms with Gasteiger partial charge in [-0.1, -0.05) is 19.8 Å². The largest absolute Gasteiger partial charge is 0.364 e. The molecule has 0 radical (unpaired) electrons. The van der Waals surface area contributed by atoms with Crippen molar-refractivity contribution in [3.05, 3.63) is 20.8 Å². The van der Waals surface area contributed by atoms with Crippen LogP contribution in [0.5, 0.6) is 0 Å². The van der Waals surface area contributed by atoms with Gasteiger partial charge in [0.1, 0.15) is 0 Å². The molecule has 0 aliphatic heterocycles. The third-order valence-corrected chi connectivity index (χ3v) is 3.20. The lowest BCUT2D eigenvalue weighted by molar-refractivity contribution is 0.361. The lowest BCUT2D eigenvalue weighted by atomic mass is 9.89. The molecule has 0 atom stereocenters. The number of nitrogens with one attached hydrogen (secondary N) is 3. The highest BCUT2D eigenvalue weighted by Gasteiger charge is 2.28. The number of hydrogen-bond donors (Lipinski definition) is 3. The first-order valence-corrected chi connectivity index (χ1v) is 5.52. The average molecular weight is 224 g/mol. The second-order valence-electron chi connectivity index (χ2n) is 4.73. The van der Waals surface area contributed by atoms with Crippen molar-refractivity contribution in [3.63, 3.8) is 0 Å². The Balaban J connectivity index is 2.04. The molecule has 3 N–H and O–H groups in total. The second-order valence-corrected chi connectivity index (χ2v) is 4.73. The van der Waals surface area contributed by atoms with Crippen LogP contribution in [0.25, 0.3) is 0 Å². The molecule has 0 bridgehead atoms. The minimum atomic E-state index is -0.581. The van der Waals surface area contributed by atoms with E-state index in [2.05, 4.69) is 27.4 Å². The van der Waals surface area contributed by atoms with Crippen LogP contribution in [-0.2, 0) is 0 Å². The Morgan fingerprint density at radius 1 is 1.38 bits per heavy atom. The fourth-order valence-corrected chi connectivity index (χ4v) is 2.17. The van der Waals surface area contributed by atoms with Crippen molar-refractivity contribution in [1.29, 1.82) is 0 Å². The van der Waals surface area contributed by atoms with Crippen LogP contribution in [0.4, 0.5) is 5.82 Å². The molecule has 0 unspecified atom stereocenters. The van der Waals surface area contributed by atoms with Crippen LogP contribution in [0.1, 0.15) is 32.6 Å². The zero-order valence-corrected chi connectivity index (χ0v) is 9.30. The quantitative estimate of drug-likeness (QED) is 0.695. The van der Waals surface area contributed by atoms with E-state index in [4.69, 9.17) is 0 Å². The van der Waals surface area contributed by atoms with Crippen molar-refractivity contribution in [2.75, 3.05) is 11.9 Å². The van der Waals surface area contributed by atoms with Crippen LogP contribution in [0.2, 0.25) is 0 Å². The predicted molar refractivity (Wildman–Crippen MR) is 60.5 cm³/mol. The maximum Gasteiger partial charge on any atom is 0.342 e. The zero-order chi connectivity index (χ0) is 11.6. The molecular weight excluding hydrogens is 208 g/mol. The van der Waals surface area contributed by atoms with E-state index in [-0.39, 0.29) is 11.2 Å². The highest BCUT2D eigenvalue weighted by molar-refractivity contribution is 5.29. The van der Waals surface area contributed by atoms with Crippen molar-refractivity contribution >= 4 is 5.82 Å². The fraction of sp³-hybridized carbons (Fsp3) is 0.700. The van der Waals surface area contributed by atoms with Gasteiger partial charge in [0.25, 0.3) is 5.56 Å². The lowest BCUT2D eigenvalue weighted by Crippen LogP contribution is -2.30. The molecule has 0 saturated heterocycles. The van der Waals surface area contributed by atoms with Crippen LogP contribution in [0.15, 0.2) is 9.59 Å². The summed E-state index contributed by atoms with van der Waals surface area (Å²) < 4.78 is 0. The maximum absolute atomic E-state index is 11.3. The summed E-state index contributed by atoms with van der Waals surface area (Å²) in [6, 6.07) is 0. The molecule has 1 aromatic heterocycles. The number of aromatic nitrogens is 3. The van der Waals surface area contributed by atoms with Gasteiger partial charge in [0.2, 0.25) is 5.82 Å². The summed E-state index contributed by atoms with van der Waals surface area (Å²) in [6.07, 6.45) is 4.82. The minimum Gasteiger partial charge on any atom is -0.364 e. The molecule has 2 rings (SSSR count). The van der Waals surface area contributed by atoms with E-state index < -0.39 is 11.2 Å². The molecule has 1 aliphatic rings. The van der Waals surface area contributed by atoms with Gasteiger partial charge in [-0.15, -0.1) is 5.10 Å². The topological polar surface area (TPSA) is 90.6 Å². The molecule has 6 nitrogen and oxygen atoms in total. The van der Waals surface area contributed by atoms with Gasteiger partial charge >= 0.3 is 5.69 Å². The predicted octanol–water partition coefficient (Wildman–Crippen LogP) is 0.450. The van der Waals surface area contributed by atoms with Gasteiger partial charge in [-0.3, -0.25) is 9.78 Å². The summed E-state index contributed by atoms with van der Waals surface area (Å²) in [7, 11) is 0. The Kier molecular flexibility index (Phi) is 2.80. The Morgan fingerprint density at radius 2 is 2.06 bits per heavy atom. The first-order chi connectivity index (χ1) is 7.59. The summed E-state index contributed by atoms with van der Waals surface area (Å²) >= 11 is 0. The molecule has 16 heavy (non-hydrogen) atoms. The molecule has 1 fully saturated rings. The highest BCUT2D eigenvalue weighted by atomic mass is 16.2. The van der Waals surface area contributed by atoms with Crippen molar-refractivity contribution in [1.82, 2.24) is 15.2 Å². The molecule has 1 heterocycles. The number of nitrogens with zero attached hydrogens (tertiary/aromatic N) is 1.